The predicted molar refractivity (Wildman–Crippen MR) is 85.1 cm³/mol. The fourth-order valence-electron chi connectivity index (χ4n) is 2.77. The number of likely N-dealkylation sites (N-methyl/N-ethyl adjacent to an activating group) is 1. The molecule has 0 radical (unpaired) electrons. The number of piperazine rings is 1. The molecule has 1 atom stereocenters. The quantitative estimate of drug-likeness (QED) is 0.892. The number of hydrogen-bond acceptors (Lipinski definition) is 4. The van der Waals surface area contributed by atoms with Crippen molar-refractivity contribution in [1.29, 1.82) is 0 Å². The van der Waals surface area contributed by atoms with Gasteiger partial charge in [0.1, 0.15) is 0 Å². The third kappa shape index (κ3) is 3.70. The summed E-state index contributed by atoms with van der Waals surface area (Å²) in [5.41, 5.74) is 2.65. The standard InChI is InChI=1S/C16H28N4/c1-5-15-12-20(9-8-19(15)4)16-11-17-7-6-14(16)10-18-13(2)3/h6-7,11,13,15,18H,5,8-10,12H2,1-4H3. The summed E-state index contributed by atoms with van der Waals surface area (Å²) in [6.45, 7) is 10.9. The second-order valence-corrected chi connectivity index (χ2v) is 6.03. The van der Waals surface area contributed by atoms with Gasteiger partial charge in [0, 0.05) is 44.5 Å². The molecule has 4 nitrogen and oxygen atoms in total. The topological polar surface area (TPSA) is 31.4 Å². The van der Waals surface area contributed by atoms with Gasteiger partial charge in [-0.25, -0.2) is 0 Å². The molecule has 1 saturated heterocycles. The van der Waals surface area contributed by atoms with Crippen molar-refractivity contribution >= 4 is 5.69 Å². The molecule has 0 spiro atoms. The summed E-state index contributed by atoms with van der Waals surface area (Å²) < 4.78 is 0. The average molecular weight is 276 g/mol. The number of anilines is 1. The molecule has 0 bridgehead atoms. The molecule has 1 N–H and O–H groups in total. The largest absolute Gasteiger partial charge is 0.367 e. The smallest absolute Gasteiger partial charge is 0.0599 e. The maximum atomic E-state index is 4.33. The summed E-state index contributed by atoms with van der Waals surface area (Å²) in [6, 6.07) is 3.30. The van der Waals surface area contributed by atoms with Crippen LogP contribution in [0.5, 0.6) is 0 Å². The van der Waals surface area contributed by atoms with Gasteiger partial charge in [-0.3, -0.25) is 9.88 Å². The van der Waals surface area contributed by atoms with Crippen LogP contribution in [-0.4, -0.2) is 48.6 Å². The Morgan fingerprint density at radius 3 is 2.90 bits per heavy atom. The van der Waals surface area contributed by atoms with Crippen molar-refractivity contribution in [2.45, 2.75) is 45.8 Å². The molecule has 112 valence electrons. The Kier molecular flexibility index (Phi) is 5.38. The first-order chi connectivity index (χ1) is 9.61. The van der Waals surface area contributed by atoms with Crippen LogP contribution in [0.25, 0.3) is 0 Å². The zero-order valence-corrected chi connectivity index (χ0v) is 13.3. The predicted octanol–water partition coefficient (Wildman–Crippen LogP) is 2.11. The van der Waals surface area contributed by atoms with Crippen molar-refractivity contribution in [2.75, 3.05) is 31.6 Å². The van der Waals surface area contributed by atoms with E-state index in [2.05, 4.69) is 54.0 Å². The van der Waals surface area contributed by atoms with E-state index in [1.165, 1.54) is 17.7 Å². The fourth-order valence-corrected chi connectivity index (χ4v) is 2.77. The van der Waals surface area contributed by atoms with Gasteiger partial charge in [-0.2, -0.15) is 0 Å². The third-order valence-corrected chi connectivity index (χ3v) is 4.18. The minimum atomic E-state index is 0.506. The Morgan fingerprint density at radius 2 is 2.20 bits per heavy atom. The summed E-state index contributed by atoms with van der Waals surface area (Å²) in [6.07, 6.45) is 5.12. The summed E-state index contributed by atoms with van der Waals surface area (Å²) in [7, 11) is 2.23. The molecule has 0 saturated carbocycles. The van der Waals surface area contributed by atoms with Crippen LogP contribution in [0.2, 0.25) is 0 Å². The number of aromatic nitrogens is 1. The lowest BCUT2D eigenvalue weighted by Gasteiger charge is -2.40. The molecule has 0 aliphatic carbocycles. The Labute approximate surface area is 123 Å². The molecule has 1 aliphatic heterocycles. The molecule has 1 unspecified atom stereocenters. The van der Waals surface area contributed by atoms with E-state index in [9.17, 15) is 0 Å². The van der Waals surface area contributed by atoms with E-state index >= 15 is 0 Å². The highest BCUT2D eigenvalue weighted by atomic mass is 15.3. The Bertz CT molecular complexity index is 419. The van der Waals surface area contributed by atoms with Crippen molar-refractivity contribution in [3.63, 3.8) is 0 Å². The van der Waals surface area contributed by atoms with E-state index < -0.39 is 0 Å². The highest BCUT2D eigenvalue weighted by Crippen LogP contribution is 2.23. The maximum absolute atomic E-state index is 4.33. The maximum Gasteiger partial charge on any atom is 0.0599 e. The highest BCUT2D eigenvalue weighted by Gasteiger charge is 2.24. The molecule has 4 heteroatoms. The lowest BCUT2D eigenvalue weighted by Crippen LogP contribution is -2.51. The molecule has 20 heavy (non-hydrogen) atoms. The van der Waals surface area contributed by atoms with Crippen LogP contribution in [0, 0.1) is 0 Å². The zero-order valence-electron chi connectivity index (χ0n) is 13.3. The minimum Gasteiger partial charge on any atom is -0.367 e. The summed E-state index contributed by atoms with van der Waals surface area (Å²) in [5.74, 6) is 0. The van der Waals surface area contributed by atoms with Crippen molar-refractivity contribution in [3.8, 4) is 0 Å². The summed E-state index contributed by atoms with van der Waals surface area (Å²) in [4.78, 5) is 9.30. The third-order valence-electron chi connectivity index (χ3n) is 4.18. The average Bonchev–Trinajstić information content (AvgIpc) is 2.46. The second-order valence-electron chi connectivity index (χ2n) is 6.03. The molecule has 1 fully saturated rings. The highest BCUT2D eigenvalue weighted by molar-refractivity contribution is 5.52. The molecule has 1 aromatic rings. The van der Waals surface area contributed by atoms with Crippen molar-refractivity contribution in [1.82, 2.24) is 15.2 Å². The van der Waals surface area contributed by atoms with Crippen LogP contribution in [0.3, 0.4) is 0 Å². The van der Waals surface area contributed by atoms with E-state index in [0.717, 1.165) is 26.2 Å². The van der Waals surface area contributed by atoms with E-state index in [-0.39, 0.29) is 0 Å². The van der Waals surface area contributed by atoms with Crippen LogP contribution in [-0.2, 0) is 6.54 Å². The molecule has 2 heterocycles. The van der Waals surface area contributed by atoms with Crippen molar-refractivity contribution < 1.29 is 0 Å². The van der Waals surface area contributed by atoms with E-state index in [1.54, 1.807) is 0 Å². The van der Waals surface area contributed by atoms with Gasteiger partial charge in [-0.05, 0) is 25.1 Å². The molecule has 1 aromatic heterocycles. The SMILES string of the molecule is CCC1CN(c2cnccc2CNC(C)C)CCN1C. The number of pyridine rings is 1. The van der Waals surface area contributed by atoms with Crippen molar-refractivity contribution in [3.05, 3.63) is 24.0 Å². The number of hydrogen-bond donors (Lipinski definition) is 1. The lowest BCUT2D eigenvalue weighted by molar-refractivity contribution is 0.213. The van der Waals surface area contributed by atoms with Crippen molar-refractivity contribution in [2.24, 2.45) is 0 Å². The van der Waals surface area contributed by atoms with Gasteiger partial charge < -0.3 is 10.2 Å². The van der Waals surface area contributed by atoms with Gasteiger partial charge in [0.15, 0.2) is 0 Å². The van der Waals surface area contributed by atoms with Crippen LogP contribution >= 0.6 is 0 Å². The molecular formula is C16H28N4. The fraction of sp³-hybridized carbons (Fsp3) is 0.688. The Hall–Kier alpha value is -1.13. The monoisotopic (exact) mass is 276 g/mol. The van der Waals surface area contributed by atoms with Crippen LogP contribution in [0.15, 0.2) is 18.5 Å². The number of rotatable bonds is 5. The van der Waals surface area contributed by atoms with Gasteiger partial charge in [0.2, 0.25) is 0 Å². The Morgan fingerprint density at radius 1 is 1.40 bits per heavy atom. The second kappa shape index (κ2) is 7.04. The summed E-state index contributed by atoms with van der Waals surface area (Å²) >= 11 is 0. The van der Waals surface area contributed by atoms with Gasteiger partial charge in [0.25, 0.3) is 0 Å². The Balaban J connectivity index is 2.11. The molecule has 0 aromatic carbocycles. The first kappa shape index (κ1) is 15.3. The van der Waals surface area contributed by atoms with Crippen LogP contribution in [0.1, 0.15) is 32.8 Å². The number of nitrogens with zero attached hydrogens (tertiary/aromatic N) is 3. The van der Waals surface area contributed by atoms with E-state index in [4.69, 9.17) is 0 Å². The van der Waals surface area contributed by atoms with Crippen LogP contribution < -0.4 is 10.2 Å². The first-order valence-corrected chi connectivity index (χ1v) is 7.73. The van der Waals surface area contributed by atoms with Gasteiger partial charge >= 0.3 is 0 Å². The van der Waals surface area contributed by atoms with E-state index in [0.29, 0.717) is 12.1 Å². The number of nitrogens with one attached hydrogen (secondary N) is 1. The molecule has 0 amide bonds. The molecule has 1 aliphatic rings. The van der Waals surface area contributed by atoms with Gasteiger partial charge in [0.05, 0.1) is 11.9 Å². The van der Waals surface area contributed by atoms with E-state index in [1.807, 2.05) is 12.4 Å². The lowest BCUT2D eigenvalue weighted by atomic mass is 10.1. The first-order valence-electron chi connectivity index (χ1n) is 7.73. The van der Waals surface area contributed by atoms with Crippen LogP contribution in [0.4, 0.5) is 5.69 Å². The molecular weight excluding hydrogens is 248 g/mol. The van der Waals surface area contributed by atoms with Gasteiger partial charge in [-0.15, -0.1) is 0 Å². The normalized spacial score (nSPS) is 20.6. The van der Waals surface area contributed by atoms with Gasteiger partial charge in [-0.1, -0.05) is 20.8 Å². The molecule has 2 rings (SSSR count). The summed E-state index contributed by atoms with van der Waals surface area (Å²) in [5, 5.41) is 3.51. The zero-order chi connectivity index (χ0) is 14.5. The minimum absolute atomic E-state index is 0.506.